The van der Waals surface area contributed by atoms with E-state index in [2.05, 4.69) is 62.3 Å². The second-order valence-electron chi connectivity index (χ2n) is 3.47. The highest BCUT2D eigenvalue weighted by molar-refractivity contribution is 9.11. The molecule has 0 aliphatic rings. The lowest BCUT2D eigenvalue weighted by atomic mass is 10.2. The SMILES string of the molecule is CNC(c1ccc(Br)s1)c1cc(C)c(Br)s1. The molecule has 16 heavy (non-hydrogen) atoms. The van der Waals surface area contributed by atoms with Gasteiger partial charge in [0.25, 0.3) is 0 Å². The molecule has 0 spiro atoms. The van der Waals surface area contributed by atoms with Crippen molar-refractivity contribution < 1.29 is 0 Å². The van der Waals surface area contributed by atoms with Gasteiger partial charge in [-0.3, -0.25) is 0 Å². The van der Waals surface area contributed by atoms with Crippen LogP contribution in [0.1, 0.15) is 21.4 Å². The number of rotatable bonds is 3. The fraction of sp³-hybridized carbons (Fsp3) is 0.273. The molecule has 0 aromatic carbocycles. The Kier molecular flexibility index (Phi) is 4.24. The van der Waals surface area contributed by atoms with E-state index in [9.17, 15) is 0 Å². The summed E-state index contributed by atoms with van der Waals surface area (Å²) in [6.45, 7) is 2.13. The molecular weight excluding hydrogens is 370 g/mol. The van der Waals surface area contributed by atoms with Gasteiger partial charge in [0.2, 0.25) is 0 Å². The first kappa shape index (κ1) is 12.8. The molecule has 1 unspecified atom stereocenters. The predicted octanol–water partition coefficient (Wildman–Crippen LogP) is 4.95. The van der Waals surface area contributed by atoms with E-state index in [0.717, 1.165) is 0 Å². The fourth-order valence-electron chi connectivity index (χ4n) is 1.53. The highest BCUT2D eigenvalue weighted by atomic mass is 79.9. The maximum absolute atomic E-state index is 3.58. The van der Waals surface area contributed by atoms with E-state index in [4.69, 9.17) is 0 Å². The Labute approximate surface area is 120 Å². The standard InChI is InChI=1S/C11H11Br2NS2/c1-6-5-8(16-11(6)13)10(14-2)7-3-4-9(12)15-7/h3-5,10,14H,1-2H3. The van der Waals surface area contributed by atoms with Crippen molar-refractivity contribution in [1.82, 2.24) is 5.32 Å². The second-order valence-corrected chi connectivity index (χ2v) is 8.37. The molecule has 86 valence electrons. The summed E-state index contributed by atoms with van der Waals surface area (Å²) < 4.78 is 2.40. The Morgan fingerprint density at radius 3 is 2.38 bits per heavy atom. The monoisotopic (exact) mass is 379 g/mol. The van der Waals surface area contributed by atoms with Crippen LogP contribution < -0.4 is 5.32 Å². The van der Waals surface area contributed by atoms with E-state index in [1.165, 1.54) is 22.9 Å². The van der Waals surface area contributed by atoms with Crippen LogP contribution in [-0.2, 0) is 0 Å². The lowest BCUT2D eigenvalue weighted by molar-refractivity contribution is 0.716. The largest absolute Gasteiger partial charge is 0.308 e. The normalized spacial score (nSPS) is 13.0. The minimum Gasteiger partial charge on any atom is -0.308 e. The number of hydrogen-bond acceptors (Lipinski definition) is 3. The highest BCUT2D eigenvalue weighted by Crippen LogP contribution is 2.37. The number of halogens is 2. The first-order valence-electron chi connectivity index (χ1n) is 4.80. The maximum Gasteiger partial charge on any atom is 0.0763 e. The van der Waals surface area contributed by atoms with E-state index >= 15 is 0 Å². The van der Waals surface area contributed by atoms with Crippen molar-refractivity contribution in [3.8, 4) is 0 Å². The average molecular weight is 381 g/mol. The van der Waals surface area contributed by atoms with Gasteiger partial charge < -0.3 is 5.32 Å². The van der Waals surface area contributed by atoms with Crippen molar-refractivity contribution in [3.63, 3.8) is 0 Å². The van der Waals surface area contributed by atoms with E-state index in [0.29, 0.717) is 6.04 Å². The van der Waals surface area contributed by atoms with E-state index in [1.54, 1.807) is 22.7 Å². The fourth-order valence-corrected chi connectivity index (χ4v) is 4.86. The third-order valence-corrected chi connectivity index (χ3v) is 6.22. The van der Waals surface area contributed by atoms with Crippen LogP contribution in [-0.4, -0.2) is 7.05 Å². The molecular formula is C11H11Br2NS2. The van der Waals surface area contributed by atoms with Crippen LogP contribution >= 0.6 is 54.5 Å². The third-order valence-electron chi connectivity index (χ3n) is 2.33. The molecule has 5 heteroatoms. The molecule has 0 amide bonds. The Bertz CT molecular complexity index is 470. The molecule has 0 aliphatic carbocycles. The minimum atomic E-state index is 0.297. The van der Waals surface area contributed by atoms with Gasteiger partial charge in [0.1, 0.15) is 0 Å². The zero-order valence-electron chi connectivity index (χ0n) is 8.88. The van der Waals surface area contributed by atoms with Crippen molar-refractivity contribution in [1.29, 1.82) is 0 Å². The molecule has 2 aromatic rings. The topological polar surface area (TPSA) is 12.0 Å². The van der Waals surface area contributed by atoms with E-state index in [-0.39, 0.29) is 0 Å². The summed E-state index contributed by atoms with van der Waals surface area (Å²) in [5.74, 6) is 0. The van der Waals surface area contributed by atoms with Crippen LogP contribution in [0.4, 0.5) is 0 Å². The Morgan fingerprint density at radius 2 is 1.94 bits per heavy atom. The zero-order valence-corrected chi connectivity index (χ0v) is 13.7. The van der Waals surface area contributed by atoms with Crippen molar-refractivity contribution in [2.24, 2.45) is 0 Å². The molecule has 0 aliphatic heterocycles. The zero-order chi connectivity index (χ0) is 11.7. The van der Waals surface area contributed by atoms with E-state index in [1.807, 2.05) is 7.05 Å². The molecule has 1 nitrogen and oxygen atoms in total. The summed E-state index contributed by atoms with van der Waals surface area (Å²) in [4.78, 5) is 2.68. The van der Waals surface area contributed by atoms with Gasteiger partial charge in [-0.25, -0.2) is 0 Å². The van der Waals surface area contributed by atoms with Crippen LogP contribution in [0.2, 0.25) is 0 Å². The molecule has 1 N–H and O–H groups in total. The van der Waals surface area contributed by atoms with Gasteiger partial charge in [-0.05, 0) is 69.6 Å². The lowest BCUT2D eigenvalue weighted by Crippen LogP contribution is -2.14. The highest BCUT2D eigenvalue weighted by Gasteiger charge is 2.17. The average Bonchev–Trinajstić information content (AvgIpc) is 2.77. The summed E-state index contributed by atoms with van der Waals surface area (Å²) >= 11 is 10.7. The molecule has 2 rings (SSSR count). The quantitative estimate of drug-likeness (QED) is 0.793. The van der Waals surface area contributed by atoms with Gasteiger partial charge in [-0.2, -0.15) is 0 Å². The molecule has 0 radical (unpaired) electrons. The minimum absolute atomic E-state index is 0.297. The number of thiophene rings is 2. The second kappa shape index (κ2) is 5.31. The summed E-state index contributed by atoms with van der Waals surface area (Å²) in [7, 11) is 2.00. The van der Waals surface area contributed by atoms with Gasteiger partial charge in [-0.15, -0.1) is 22.7 Å². The van der Waals surface area contributed by atoms with Gasteiger partial charge in [-0.1, -0.05) is 0 Å². The molecule has 0 bridgehead atoms. The molecule has 0 saturated carbocycles. The maximum atomic E-state index is 3.58. The lowest BCUT2D eigenvalue weighted by Gasteiger charge is -2.11. The Balaban J connectivity index is 2.36. The molecule has 0 saturated heterocycles. The Hall–Kier alpha value is 0.320. The molecule has 1 atom stereocenters. The van der Waals surface area contributed by atoms with Gasteiger partial charge in [0.05, 0.1) is 13.6 Å². The first-order valence-corrected chi connectivity index (χ1v) is 8.02. The van der Waals surface area contributed by atoms with Crippen molar-refractivity contribution in [3.05, 3.63) is 41.1 Å². The number of nitrogens with one attached hydrogen (secondary N) is 1. The summed E-state index contributed by atoms with van der Waals surface area (Å²) in [6, 6.07) is 6.80. The van der Waals surface area contributed by atoms with Crippen LogP contribution in [0.15, 0.2) is 25.8 Å². The number of hydrogen-bond donors (Lipinski definition) is 1. The van der Waals surface area contributed by atoms with Crippen LogP contribution in [0, 0.1) is 6.92 Å². The van der Waals surface area contributed by atoms with Crippen molar-refractivity contribution >= 4 is 54.5 Å². The van der Waals surface area contributed by atoms with Crippen LogP contribution in [0.3, 0.4) is 0 Å². The molecule has 0 fully saturated rings. The summed E-state index contributed by atoms with van der Waals surface area (Å²) in [6.07, 6.45) is 0. The Morgan fingerprint density at radius 1 is 1.19 bits per heavy atom. The number of aryl methyl sites for hydroxylation is 1. The van der Waals surface area contributed by atoms with E-state index < -0.39 is 0 Å². The molecule has 2 heterocycles. The third kappa shape index (κ3) is 2.59. The van der Waals surface area contributed by atoms with Gasteiger partial charge in [0, 0.05) is 9.75 Å². The predicted molar refractivity (Wildman–Crippen MR) is 79.7 cm³/mol. The van der Waals surface area contributed by atoms with Crippen molar-refractivity contribution in [2.45, 2.75) is 13.0 Å². The summed E-state index contributed by atoms with van der Waals surface area (Å²) in [5, 5.41) is 3.37. The van der Waals surface area contributed by atoms with Gasteiger partial charge >= 0.3 is 0 Å². The van der Waals surface area contributed by atoms with Crippen LogP contribution in [0.5, 0.6) is 0 Å². The first-order chi connectivity index (χ1) is 7.61. The smallest absolute Gasteiger partial charge is 0.0763 e. The summed E-state index contributed by atoms with van der Waals surface area (Å²) in [5.41, 5.74) is 1.30. The van der Waals surface area contributed by atoms with Crippen LogP contribution in [0.25, 0.3) is 0 Å². The van der Waals surface area contributed by atoms with Crippen molar-refractivity contribution in [2.75, 3.05) is 7.05 Å². The molecule has 2 aromatic heterocycles. The van der Waals surface area contributed by atoms with Gasteiger partial charge in [0.15, 0.2) is 0 Å².